The number of hydrogen-bond donors (Lipinski definition) is 3. The van der Waals surface area contributed by atoms with Gasteiger partial charge in [-0.1, -0.05) is 6.07 Å². The van der Waals surface area contributed by atoms with Gasteiger partial charge < -0.3 is 16.2 Å². The molecule has 0 bridgehead atoms. The van der Waals surface area contributed by atoms with Crippen LogP contribution in [-0.2, 0) is 0 Å². The summed E-state index contributed by atoms with van der Waals surface area (Å²) in [5.41, 5.74) is 6.70. The molecular weight excluding hydrogens is 315 g/mol. The van der Waals surface area contributed by atoms with Crippen LogP contribution in [-0.4, -0.2) is 11.1 Å². The Morgan fingerprint density at radius 1 is 1.32 bits per heavy atom. The normalized spacial score (nSPS) is 10.2. The Morgan fingerprint density at radius 2 is 2.05 bits per heavy atom. The first kappa shape index (κ1) is 13.4. The highest BCUT2D eigenvalue weighted by atomic mass is 79.9. The summed E-state index contributed by atoms with van der Waals surface area (Å²) >= 11 is 3.26. The van der Waals surface area contributed by atoms with Gasteiger partial charge in [0.1, 0.15) is 5.82 Å². The number of carboxylic acids is 1. The molecule has 0 atom stereocenters. The second-order valence-corrected chi connectivity index (χ2v) is 4.68. The quantitative estimate of drug-likeness (QED) is 0.754. The summed E-state index contributed by atoms with van der Waals surface area (Å²) in [5.74, 6) is -1.54. The molecule has 0 fully saturated rings. The molecule has 0 aliphatic heterocycles. The second-order valence-electron chi connectivity index (χ2n) is 3.82. The number of benzene rings is 2. The van der Waals surface area contributed by atoms with E-state index in [-0.39, 0.29) is 16.9 Å². The number of nitrogen functional groups attached to an aromatic ring is 1. The summed E-state index contributed by atoms with van der Waals surface area (Å²) in [6.45, 7) is 0. The van der Waals surface area contributed by atoms with Gasteiger partial charge in [0.05, 0.1) is 22.6 Å². The van der Waals surface area contributed by atoms with Crippen LogP contribution in [0, 0.1) is 5.82 Å². The Bertz CT molecular complexity index is 647. The molecule has 0 aromatic heterocycles. The van der Waals surface area contributed by atoms with Crippen LogP contribution in [0.25, 0.3) is 0 Å². The first-order valence-corrected chi connectivity index (χ1v) is 6.12. The van der Waals surface area contributed by atoms with Gasteiger partial charge in [0.15, 0.2) is 0 Å². The number of hydrogen-bond acceptors (Lipinski definition) is 3. The zero-order valence-corrected chi connectivity index (χ0v) is 11.2. The highest BCUT2D eigenvalue weighted by Gasteiger charge is 2.14. The molecule has 2 aromatic carbocycles. The van der Waals surface area contributed by atoms with Crippen molar-refractivity contribution < 1.29 is 14.3 Å². The molecule has 6 heteroatoms. The Morgan fingerprint density at radius 3 is 2.74 bits per heavy atom. The SMILES string of the molecule is Nc1cccc(C(=O)O)c1Nc1cc(F)ccc1Br. The second kappa shape index (κ2) is 5.27. The third-order valence-corrected chi connectivity index (χ3v) is 3.21. The molecule has 0 radical (unpaired) electrons. The van der Waals surface area contributed by atoms with Crippen LogP contribution in [0.3, 0.4) is 0 Å². The molecule has 0 amide bonds. The summed E-state index contributed by atoms with van der Waals surface area (Å²) < 4.78 is 13.8. The minimum Gasteiger partial charge on any atom is -0.478 e. The van der Waals surface area contributed by atoms with Crippen molar-refractivity contribution in [3.05, 3.63) is 52.3 Å². The van der Waals surface area contributed by atoms with Gasteiger partial charge >= 0.3 is 5.97 Å². The van der Waals surface area contributed by atoms with E-state index < -0.39 is 11.8 Å². The van der Waals surface area contributed by atoms with Crippen molar-refractivity contribution >= 4 is 39.0 Å². The van der Waals surface area contributed by atoms with Crippen molar-refractivity contribution in [1.29, 1.82) is 0 Å². The number of rotatable bonds is 3. The fourth-order valence-electron chi connectivity index (χ4n) is 1.62. The van der Waals surface area contributed by atoms with Crippen LogP contribution >= 0.6 is 15.9 Å². The highest BCUT2D eigenvalue weighted by Crippen LogP contribution is 2.31. The molecule has 0 saturated heterocycles. The monoisotopic (exact) mass is 324 g/mol. The van der Waals surface area contributed by atoms with Crippen LogP contribution in [0.15, 0.2) is 40.9 Å². The van der Waals surface area contributed by atoms with Crippen LogP contribution in [0.4, 0.5) is 21.5 Å². The maximum atomic E-state index is 13.2. The minimum atomic E-state index is -1.11. The zero-order valence-electron chi connectivity index (χ0n) is 9.65. The number of carbonyl (C=O) groups is 1. The first-order valence-electron chi connectivity index (χ1n) is 5.33. The van der Waals surface area contributed by atoms with Gasteiger partial charge in [-0.05, 0) is 46.3 Å². The lowest BCUT2D eigenvalue weighted by Gasteiger charge is -2.13. The number of nitrogens with two attached hydrogens (primary N) is 1. The van der Waals surface area contributed by atoms with Gasteiger partial charge in [-0.2, -0.15) is 0 Å². The molecule has 0 aliphatic carbocycles. The van der Waals surface area contributed by atoms with Gasteiger partial charge in [-0.15, -0.1) is 0 Å². The number of nitrogens with one attached hydrogen (secondary N) is 1. The number of carboxylic acid groups (broad SMARTS) is 1. The molecule has 2 rings (SSSR count). The van der Waals surface area contributed by atoms with Crippen LogP contribution in [0.5, 0.6) is 0 Å². The fourth-order valence-corrected chi connectivity index (χ4v) is 1.96. The van der Waals surface area contributed by atoms with Crippen molar-refractivity contribution in [2.45, 2.75) is 0 Å². The summed E-state index contributed by atoms with van der Waals surface area (Å²) in [7, 11) is 0. The molecular formula is C13H10BrFN2O2. The van der Waals surface area contributed by atoms with E-state index in [1.54, 1.807) is 12.1 Å². The predicted octanol–water partition coefficient (Wildman–Crippen LogP) is 3.61. The van der Waals surface area contributed by atoms with Gasteiger partial charge in [-0.3, -0.25) is 0 Å². The summed E-state index contributed by atoms with van der Waals surface area (Å²) in [5, 5.41) is 11.9. The topological polar surface area (TPSA) is 75.4 Å². The van der Waals surface area contributed by atoms with E-state index in [4.69, 9.17) is 10.8 Å². The lowest BCUT2D eigenvalue weighted by atomic mass is 10.1. The summed E-state index contributed by atoms with van der Waals surface area (Å²) in [4.78, 5) is 11.1. The number of para-hydroxylation sites is 1. The van der Waals surface area contributed by atoms with E-state index in [0.717, 1.165) is 0 Å². The maximum absolute atomic E-state index is 13.2. The minimum absolute atomic E-state index is 0.0242. The van der Waals surface area contributed by atoms with Crippen molar-refractivity contribution in [2.24, 2.45) is 0 Å². The molecule has 0 spiro atoms. The fraction of sp³-hybridized carbons (Fsp3) is 0. The van der Waals surface area contributed by atoms with E-state index in [9.17, 15) is 9.18 Å². The Balaban J connectivity index is 2.49. The van der Waals surface area contributed by atoms with Gasteiger partial charge in [0.25, 0.3) is 0 Å². The van der Waals surface area contributed by atoms with E-state index in [1.165, 1.54) is 24.3 Å². The molecule has 98 valence electrons. The van der Waals surface area contributed by atoms with Crippen molar-refractivity contribution in [1.82, 2.24) is 0 Å². The molecule has 2 aromatic rings. The van der Waals surface area contributed by atoms with Gasteiger partial charge in [0.2, 0.25) is 0 Å². The lowest BCUT2D eigenvalue weighted by Crippen LogP contribution is -2.06. The predicted molar refractivity (Wildman–Crippen MR) is 75.2 cm³/mol. The molecule has 0 aliphatic rings. The van der Waals surface area contributed by atoms with E-state index >= 15 is 0 Å². The Hall–Kier alpha value is -2.08. The molecule has 0 unspecified atom stereocenters. The lowest BCUT2D eigenvalue weighted by molar-refractivity contribution is 0.0698. The molecule has 0 heterocycles. The molecule has 4 nitrogen and oxygen atoms in total. The molecule has 0 saturated carbocycles. The molecule has 4 N–H and O–H groups in total. The third-order valence-electron chi connectivity index (χ3n) is 2.52. The van der Waals surface area contributed by atoms with Crippen molar-refractivity contribution in [3.63, 3.8) is 0 Å². The maximum Gasteiger partial charge on any atom is 0.337 e. The third kappa shape index (κ3) is 2.85. The van der Waals surface area contributed by atoms with E-state index in [1.807, 2.05) is 0 Å². The van der Waals surface area contributed by atoms with Crippen LogP contribution < -0.4 is 11.1 Å². The van der Waals surface area contributed by atoms with E-state index in [2.05, 4.69) is 21.2 Å². The Kier molecular flexibility index (Phi) is 3.71. The standard InChI is InChI=1S/C13H10BrFN2O2/c14-9-5-4-7(15)6-11(9)17-12-8(13(18)19)2-1-3-10(12)16/h1-6,17H,16H2,(H,18,19). The number of aromatic carboxylic acids is 1. The molecule has 19 heavy (non-hydrogen) atoms. The van der Waals surface area contributed by atoms with Gasteiger partial charge in [0, 0.05) is 4.47 Å². The smallest absolute Gasteiger partial charge is 0.337 e. The van der Waals surface area contributed by atoms with Crippen LogP contribution in [0.2, 0.25) is 0 Å². The highest BCUT2D eigenvalue weighted by molar-refractivity contribution is 9.10. The van der Waals surface area contributed by atoms with Crippen LogP contribution in [0.1, 0.15) is 10.4 Å². The van der Waals surface area contributed by atoms with E-state index in [0.29, 0.717) is 10.2 Å². The average molecular weight is 325 g/mol. The van der Waals surface area contributed by atoms with Crippen molar-refractivity contribution in [2.75, 3.05) is 11.1 Å². The average Bonchev–Trinajstić information content (AvgIpc) is 2.35. The number of halogens is 2. The zero-order chi connectivity index (χ0) is 14.0. The largest absolute Gasteiger partial charge is 0.478 e. The van der Waals surface area contributed by atoms with Gasteiger partial charge in [-0.25, -0.2) is 9.18 Å². The Labute approximate surface area is 117 Å². The summed E-state index contributed by atoms with van der Waals surface area (Å²) in [6, 6.07) is 8.61. The number of anilines is 3. The summed E-state index contributed by atoms with van der Waals surface area (Å²) in [6.07, 6.45) is 0. The first-order chi connectivity index (χ1) is 8.99. The van der Waals surface area contributed by atoms with Crippen molar-refractivity contribution in [3.8, 4) is 0 Å².